The molecular weight excluding hydrogens is 420 g/mol. The molecule has 1 amide bonds. The second-order valence-corrected chi connectivity index (χ2v) is 8.46. The molecule has 0 bridgehead atoms. The molecule has 0 saturated carbocycles. The van der Waals surface area contributed by atoms with Gasteiger partial charge < -0.3 is 25.4 Å². The maximum atomic E-state index is 13.1. The third-order valence-corrected chi connectivity index (χ3v) is 6.28. The molecule has 1 fully saturated rings. The largest absolute Gasteiger partial charge is 0.480 e. The van der Waals surface area contributed by atoms with Gasteiger partial charge in [-0.1, -0.05) is 48.5 Å². The van der Waals surface area contributed by atoms with E-state index in [0.29, 0.717) is 39.3 Å². The molecule has 33 heavy (non-hydrogen) atoms. The molecule has 3 N–H and O–H groups in total. The number of carboxylic acid groups (broad SMARTS) is 1. The van der Waals surface area contributed by atoms with E-state index in [1.54, 1.807) is 4.90 Å². The molecule has 0 aromatic heterocycles. The lowest BCUT2D eigenvalue weighted by Crippen LogP contribution is -2.46. The Morgan fingerprint density at radius 1 is 0.848 bits per heavy atom. The van der Waals surface area contributed by atoms with Crippen LogP contribution in [0, 0.1) is 0 Å². The van der Waals surface area contributed by atoms with E-state index in [1.807, 2.05) is 29.2 Å². The minimum absolute atomic E-state index is 0.0153. The van der Waals surface area contributed by atoms with Gasteiger partial charge in [0.05, 0.1) is 6.54 Å². The number of aliphatic carboxylic acids is 1. The highest BCUT2D eigenvalue weighted by Crippen LogP contribution is 2.44. The smallest absolute Gasteiger partial charge is 0.409 e. The summed E-state index contributed by atoms with van der Waals surface area (Å²) in [4.78, 5) is 27.8. The van der Waals surface area contributed by atoms with Crippen molar-refractivity contribution in [3.63, 3.8) is 0 Å². The van der Waals surface area contributed by atoms with Gasteiger partial charge in [0.15, 0.2) is 0 Å². The van der Waals surface area contributed by atoms with E-state index < -0.39 is 5.97 Å². The zero-order valence-corrected chi connectivity index (χ0v) is 18.8. The Kier molecular flexibility index (Phi) is 7.93. The van der Waals surface area contributed by atoms with Crippen LogP contribution in [-0.2, 0) is 9.53 Å². The Labute approximate surface area is 194 Å². The predicted octanol–water partition coefficient (Wildman–Crippen LogP) is 1.82. The Balaban J connectivity index is 1.42. The summed E-state index contributed by atoms with van der Waals surface area (Å²) < 4.78 is 5.83. The molecule has 2 aliphatic rings. The number of rotatable bonds is 4. The summed E-state index contributed by atoms with van der Waals surface area (Å²) in [5.41, 5.74) is 4.76. The number of hydrogen-bond acceptors (Lipinski definition) is 6. The van der Waals surface area contributed by atoms with Crippen LogP contribution >= 0.6 is 0 Å². The van der Waals surface area contributed by atoms with Gasteiger partial charge in [-0.15, -0.1) is 0 Å². The molecule has 1 heterocycles. The summed E-state index contributed by atoms with van der Waals surface area (Å²) in [6, 6.07) is 16.5. The Morgan fingerprint density at radius 2 is 1.45 bits per heavy atom. The number of benzene rings is 2. The minimum atomic E-state index is -0.864. The number of carbonyl (C=O) groups excluding carboxylic acids is 1. The summed E-state index contributed by atoms with van der Waals surface area (Å²) in [6.45, 7) is 5.22. The molecule has 8 heteroatoms. The molecule has 0 spiro atoms. The molecule has 2 aromatic rings. The SMILES string of the molecule is O=C(O)CN1CCNCCNCCN(C(=O)OCC2c3ccccc3-c3ccccc32)CC1. The van der Waals surface area contributed by atoms with Crippen molar-refractivity contribution in [2.24, 2.45) is 0 Å². The van der Waals surface area contributed by atoms with Crippen LogP contribution in [0.15, 0.2) is 48.5 Å². The summed E-state index contributed by atoms with van der Waals surface area (Å²) in [5.74, 6) is -0.849. The van der Waals surface area contributed by atoms with Gasteiger partial charge in [-0.05, 0) is 22.3 Å². The number of fused-ring (bicyclic) bond motifs is 3. The van der Waals surface area contributed by atoms with Crippen LogP contribution in [0.1, 0.15) is 17.0 Å². The van der Waals surface area contributed by atoms with Crippen LogP contribution in [0.2, 0.25) is 0 Å². The molecule has 1 saturated heterocycles. The third-order valence-electron chi connectivity index (χ3n) is 6.28. The standard InChI is InChI=1S/C25H32N4O4/c30-24(31)17-28-13-11-26-9-10-27-12-14-29(16-15-28)25(32)33-18-23-21-7-3-1-5-19(21)20-6-2-4-8-22(20)23/h1-8,23,26-27H,9-18H2,(H,30,31). The lowest BCUT2D eigenvalue weighted by atomic mass is 9.98. The van der Waals surface area contributed by atoms with Crippen molar-refractivity contribution in [1.29, 1.82) is 0 Å². The average Bonchev–Trinajstić information content (AvgIpc) is 3.13. The van der Waals surface area contributed by atoms with Gasteiger partial charge in [0.25, 0.3) is 0 Å². The Morgan fingerprint density at radius 3 is 2.09 bits per heavy atom. The summed E-state index contributed by atoms with van der Waals surface area (Å²) >= 11 is 0. The first kappa shape index (κ1) is 23.2. The molecule has 8 nitrogen and oxygen atoms in total. The van der Waals surface area contributed by atoms with Gasteiger partial charge in [-0.3, -0.25) is 9.69 Å². The fourth-order valence-corrected chi connectivity index (χ4v) is 4.58. The first-order valence-corrected chi connectivity index (χ1v) is 11.6. The van der Waals surface area contributed by atoms with Crippen molar-refractivity contribution in [3.8, 4) is 11.1 Å². The first-order valence-electron chi connectivity index (χ1n) is 11.6. The van der Waals surface area contributed by atoms with E-state index in [1.165, 1.54) is 22.3 Å². The van der Waals surface area contributed by atoms with Crippen molar-refractivity contribution < 1.29 is 19.4 Å². The Hall–Kier alpha value is -2.94. The maximum absolute atomic E-state index is 13.1. The van der Waals surface area contributed by atoms with Crippen molar-refractivity contribution >= 4 is 12.1 Å². The fourth-order valence-electron chi connectivity index (χ4n) is 4.58. The van der Waals surface area contributed by atoms with Crippen LogP contribution < -0.4 is 10.6 Å². The molecule has 176 valence electrons. The van der Waals surface area contributed by atoms with E-state index in [2.05, 4.69) is 34.9 Å². The first-order chi connectivity index (χ1) is 16.1. The van der Waals surface area contributed by atoms with E-state index in [0.717, 1.165) is 13.1 Å². The van der Waals surface area contributed by atoms with E-state index in [4.69, 9.17) is 4.74 Å². The highest BCUT2D eigenvalue weighted by molar-refractivity contribution is 5.79. The van der Waals surface area contributed by atoms with Crippen molar-refractivity contribution in [3.05, 3.63) is 59.7 Å². The van der Waals surface area contributed by atoms with Gasteiger partial charge >= 0.3 is 12.1 Å². The van der Waals surface area contributed by atoms with E-state index in [-0.39, 0.29) is 25.2 Å². The number of nitrogens with one attached hydrogen (secondary N) is 2. The zero-order chi connectivity index (χ0) is 23.0. The van der Waals surface area contributed by atoms with Gasteiger partial charge in [0.2, 0.25) is 0 Å². The second-order valence-electron chi connectivity index (χ2n) is 8.46. The summed E-state index contributed by atoms with van der Waals surface area (Å²) in [6.07, 6.45) is -0.357. The van der Waals surface area contributed by atoms with Crippen LogP contribution in [0.4, 0.5) is 4.79 Å². The summed E-state index contributed by atoms with van der Waals surface area (Å²) in [5, 5.41) is 15.9. The highest BCUT2D eigenvalue weighted by atomic mass is 16.6. The lowest BCUT2D eigenvalue weighted by molar-refractivity contribution is -0.138. The zero-order valence-electron chi connectivity index (χ0n) is 18.8. The van der Waals surface area contributed by atoms with Crippen molar-refractivity contribution in [2.45, 2.75) is 5.92 Å². The molecule has 4 rings (SSSR count). The molecule has 2 aromatic carbocycles. The van der Waals surface area contributed by atoms with Gasteiger partial charge in [-0.25, -0.2) is 4.79 Å². The van der Waals surface area contributed by atoms with Crippen LogP contribution in [0.3, 0.4) is 0 Å². The van der Waals surface area contributed by atoms with Gasteiger partial charge in [-0.2, -0.15) is 0 Å². The molecular formula is C25H32N4O4. The molecule has 0 unspecified atom stereocenters. The van der Waals surface area contributed by atoms with Gasteiger partial charge in [0, 0.05) is 58.3 Å². The molecule has 0 atom stereocenters. The topological polar surface area (TPSA) is 94.1 Å². The second kappa shape index (κ2) is 11.3. The fraction of sp³-hybridized carbons (Fsp3) is 0.440. The monoisotopic (exact) mass is 452 g/mol. The van der Waals surface area contributed by atoms with Crippen molar-refractivity contribution in [1.82, 2.24) is 20.4 Å². The molecule has 0 radical (unpaired) electrons. The number of ether oxygens (including phenoxy) is 1. The average molecular weight is 453 g/mol. The normalized spacial score (nSPS) is 18.0. The van der Waals surface area contributed by atoms with E-state index in [9.17, 15) is 14.7 Å². The maximum Gasteiger partial charge on any atom is 0.409 e. The van der Waals surface area contributed by atoms with Crippen LogP contribution in [0.5, 0.6) is 0 Å². The van der Waals surface area contributed by atoms with Gasteiger partial charge in [0.1, 0.15) is 6.61 Å². The third kappa shape index (κ3) is 5.90. The Bertz CT molecular complexity index is 921. The van der Waals surface area contributed by atoms with Crippen LogP contribution in [0.25, 0.3) is 11.1 Å². The minimum Gasteiger partial charge on any atom is -0.480 e. The number of nitrogens with zero attached hydrogens (tertiary/aromatic N) is 2. The van der Waals surface area contributed by atoms with Crippen molar-refractivity contribution in [2.75, 3.05) is 65.5 Å². The number of amides is 1. The summed E-state index contributed by atoms with van der Waals surface area (Å²) in [7, 11) is 0. The van der Waals surface area contributed by atoms with Crippen LogP contribution in [-0.4, -0.2) is 92.5 Å². The van der Waals surface area contributed by atoms with E-state index >= 15 is 0 Å². The number of hydrogen-bond donors (Lipinski definition) is 3. The predicted molar refractivity (Wildman–Crippen MR) is 126 cm³/mol. The lowest BCUT2D eigenvalue weighted by Gasteiger charge is -2.28. The molecule has 1 aliphatic heterocycles. The number of carbonyl (C=O) groups is 2. The quantitative estimate of drug-likeness (QED) is 0.652. The highest BCUT2D eigenvalue weighted by Gasteiger charge is 2.29. The number of carboxylic acids is 1. The molecule has 1 aliphatic carbocycles.